The van der Waals surface area contributed by atoms with E-state index in [2.05, 4.69) is 56.3 Å². The van der Waals surface area contributed by atoms with Gasteiger partial charge in [-0.2, -0.15) is 5.10 Å². The first-order valence-corrected chi connectivity index (χ1v) is 12.3. The van der Waals surface area contributed by atoms with Gasteiger partial charge in [0.15, 0.2) is 5.69 Å². The maximum atomic E-state index is 13.1. The minimum absolute atomic E-state index is 0.106. The van der Waals surface area contributed by atoms with Gasteiger partial charge in [0.2, 0.25) is 0 Å². The van der Waals surface area contributed by atoms with Crippen LogP contribution in [0.25, 0.3) is 22.0 Å². The average Bonchev–Trinajstić information content (AvgIpc) is 3.29. The number of nitrogens with one attached hydrogen (secondary N) is 2. The SMILES string of the molecule is CC(C)N1CCC(NC(=O)c2n[nH]c3ccc(-c4cncc(CN5CCOCC5)c4)cc23)CC1. The molecule has 3 aromatic rings. The molecular formula is C26H34N6O2. The summed E-state index contributed by atoms with van der Waals surface area (Å²) in [5, 5.41) is 11.4. The van der Waals surface area contributed by atoms with Crippen molar-refractivity contribution in [3.05, 3.63) is 47.9 Å². The van der Waals surface area contributed by atoms with Crippen molar-refractivity contribution in [3.63, 3.8) is 0 Å². The zero-order chi connectivity index (χ0) is 23.5. The third-order valence-corrected chi connectivity index (χ3v) is 7.01. The van der Waals surface area contributed by atoms with Gasteiger partial charge in [-0.25, -0.2) is 0 Å². The molecule has 0 spiro atoms. The van der Waals surface area contributed by atoms with E-state index < -0.39 is 0 Å². The van der Waals surface area contributed by atoms with Crippen LogP contribution < -0.4 is 5.32 Å². The molecule has 0 atom stereocenters. The number of nitrogens with zero attached hydrogens (tertiary/aromatic N) is 4. The van der Waals surface area contributed by atoms with Crippen molar-refractivity contribution in [3.8, 4) is 11.1 Å². The molecule has 1 aromatic carbocycles. The van der Waals surface area contributed by atoms with Crippen LogP contribution in [-0.4, -0.2) is 82.4 Å². The van der Waals surface area contributed by atoms with Gasteiger partial charge in [0.05, 0.1) is 18.7 Å². The second-order valence-electron chi connectivity index (χ2n) is 9.68. The third-order valence-electron chi connectivity index (χ3n) is 7.01. The second kappa shape index (κ2) is 10.2. The fraction of sp³-hybridized carbons (Fsp3) is 0.500. The van der Waals surface area contributed by atoms with Gasteiger partial charge >= 0.3 is 0 Å². The minimum Gasteiger partial charge on any atom is -0.379 e. The van der Waals surface area contributed by atoms with Gasteiger partial charge in [0, 0.05) is 68.2 Å². The van der Waals surface area contributed by atoms with Gasteiger partial charge in [0.1, 0.15) is 0 Å². The number of amides is 1. The average molecular weight is 463 g/mol. The van der Waals surface area contributed by atoms with E-state index in [-0.39, 0.29) is 11.9 Å². The van der Waals surface area contributed by atoms with Crippen LogP contribution in [0.1, 0.15) is 42.7 Å². The topological polar surface area (TPSA) is 86.4 Å². The second-order valence-corrected chi connectivity index (χ2v) is 9.68. The van der Waals surface area contributed by atoms with E-state index in [4.69, 9.17) is 4.74 Å². The van der Waals surface area contributed by atoms with Crippen molar-refractivity contribution in [2.75, 3.05) is 39.4 Å². The van der Waals surface area contributed by atoms with Crippen molar-refractivity contribution >= 4 is 16.8 Å². The molecule has 2 aromatic heterocycles. The number of fused-ring (bicyclic) bond motifs is 1. The minimum atomic E-state index is -0.106. The van der Waals surface area contributed by atoms with Crippen LogP contribution in [0, 0.1) is 0 Å². The normalized spacial score (nSPS) is 18.6. The molecule has 2 aliphatic rings. The summed E-state index contributed by atoms with van der Waals surface area (Å²) in [7, 11) is 0. The molecule has 1 amide bonds. The molecule has 2 fully saturated rings. The Morgan fingerprint density at radius 1 is 1.12 bits per heavy atom. The Hall–Kier alpha value is -2.81. The van der Waals surface area contributed by atoms with Gasteiger partial charge in [-0.1, -0.05) is 6.07 Å². The van der Waals surface area contributed by atoms with Crippen LogP contribution in [0.2, 0.25) is 0 Å². The highest BCUT2D eigenvalue weighted by atomic mass is 16.5. The molecule has 0 aliphatic carbocycles. The maximum Gasteiger partial charge on any atom is 0.272 e. The number of pyridine rings is 1. The van der Waals surface area contributed by atoms with Crippen molar-refractivity contribution in [1.29, 1.82) is 0 Å². The summed E-state index contributed by atoms with van der Waals surface area (Å²) in [4.78, 5) is 22.4. The first-order chi connectivity index (χ1) is 16.6. The number of hydrogen-bond acceptors (Lipinski definition) is 6. The number of hydrogen-bond donors (Lipinski definition) is 2. The van der Waals surface area contributed by atoms with Gasteiger partial charge in [0.25, 0.3) is 5.91 Å². The predicted molar refractivity (Wildman–Crippen MR) is 133 cm³/mol. The number of likely N-dealkylation sites (tertiary alicyclic amines) is 1. The Bertz CT molecular complexity index is 1130. The van der Waals surface area contributed by atoms with E-state index in [1.54, 1.807) is 0 Å². The Labute approximate surface area is 200 Å². The van der Waals surface area contributed by atoms with Crippen LogP contribution >= 0.6 is 0 Å². The lowest BCUT2D eigenvalue weighted by Gasteiger charge is -2.34. The van der Waals surface area contributed by atoms with Crippen LogP contribution in [-0.2, 0) is 11.3 Å². The largest absolute Gasteiger partial charge is 0.379 e. The molecule has 0 radical (unpaired) electrons. The van der Waals surface area contributed by atoms with Crippen molar-refractivity contribution < 1.29 is 9.53 Å². The zero-order valence-electron chi connectivity index (χ0n) is 20.1. The molecule has 8 nitrogen and oxygen atoms in total. The Kier molecular flexibility index (Phi) is 6.89. The molecule has 34 heavy (non-hydrogen) atoms. The number of H-pyrrole nitrogens is 1. The molecule has 8 heteroatoms. The number of benzene rings is 1. The first kappa shape index (κ1) is 23.0. The highest BCUT2D eigenvalue weighted by Gasteiger charge is 2.24. The van der Waals surface area contributed by atoms with Crippen LogP contribution in [0.3, 0.4) is 0 Å². The molecule has 5 rings (SSSR count). The summed E-state index contributed by atoms with van der Waals surface area (Å²) in [6.45, 7) is 10.8. The predicted octanol–water partition coefficient (Wildman–Crippen LogP) is 3.06. The molecule has 2 saturated heterocycles. The van der Waals surface area contributed by atoms with E-state index in [1.807, 2.05) is 24.5 Å². The number of aromatic nitrogens is 3. The highest BCUT2D eigenvalue weighted by Crippen LogP contribution is 2.26. The number of rotatable bonds is 6. The Morgan fingerprint density at radius 3 is 2.68 bits per heavy atom. The Balaban J connectivity index is 1.31. The number of ether oxygens (including phenoxy) is 1. The lowest BCUT2D eigenvalue weighted by molar-refractivity contribution is 0.0341. The fourth-order valence-corrected chi connectivity index (χ4v) is 4.93. The summed E-state index contributed by atoms with van der Waals surface area (Å²) < 4.78 is 5.46. The molecule has 0 saturated carbocycles. The summed E-state index contributed by atoms with van der Waals surface area (Å²) >= 11 is 0. The molecule has 180 valence electrons. The molecular weight excluding hydrogens is 428 g/mol. The summed E-state index contributed by atoms with van der Waals surface area (Å²) in [5.74, 6) is -0.106. The standard InChI is InChI=1S/C26H34N6O2/c1-18(2)32-7-5-22(6-8-32)28-26(33)25-23-14-20(3-4-24(23)29-30-25)21-13-19(15-27-16-21)17-31-9-11-34-12-10-31/h3-4,13-16,18,22H,5-12,17H2,1-2H3,(H,28,33)(H,29,30). The smallest absolute Gasteiger partial charge is 0.272 e. The quantitative estimate of drug-likeness (QED) is 0.586. The highest BCUT2D eigenvalue weighted by molar-refractivity contribution is 6.05. The molecule has 4 heterocycles. The van der Waals surface area contributed by atoms with Crippen LogP contribution in [0.5, 0.6) is 0 Å². The van der Waals surface area contributed by atoms with E-state index in [0.29, 0.717) is 11.7 Å². The van der Waals surface area contributed by atoms with Crippen molar-refractivity contribution in [2.24, 2.45) is 0 Å². The number of aromatic amines is 1. The van der Waals surface area contributed by atoms with E-state index in [0.717, 1.165) is 80.8 Å². The van der Waals surface area contributed by atoms with Crippen molar-refractivity contribution in [2.45, 2.75) is 45.3 Å². The van der Waals surface area contributed by atoms with Gasteiger partial charge < -0.3 is 15.0 Å². The molecule has 0 bridgehead atoms. The Morgan fingerprint density at radius 2 is 1.91 bits per heavy atom. The molecule has 2 aliphatic heterocycles. The zero-order valence-corrected chi connectivity index (χ0v) is 20.1. The number of piperidine rings is 1. The van der Waals surface area contributed by atoms with E-state index >= 15 is 0 Å². The number of carbonyl (C=O) groups is 1. The van der Waals surface area contributed by atoms with Crippen molar-refractivity contribution in [1.82, 2.24) is 30.3 Å². The van der Waals surface area contributed by atoms with E-state index in [1.165, 1.54) is 5.56 Å². The lowest BCUT2D eigenvalue weighted by Crippen LogP contribution is -2.46. The monoisotopic (exact) mass is 462 g/mol. The number of morpholine rings is 1. The van der Waals surface area contributed by atoms with Crippen LogP contribution in [0.15, 0.2) is 36.7 Å². The maximum absolute atomic E-state index is 13.1. The number of carbonyl (C=O) groups excluding carboxylic acids is 1. The van der Waals surface area contributed by atoms with Gasteiger partial charge in [-0.15, -0.1) is 0 Å². The summed E-state index contributed by atoms with van der Waals surface area (Å²) in [6, 6.07) is 9.02. The first-order valence-electron chi connectivity index (χ1n) is 12.3. The van der Waals surface area contributed by atoms with Gasteiger partial charge in [-0.05, 0) is 56.0 Å². The van der Waals surface area contributed by atoms with Crippen LogP contribution in [0.4, 0.5) is 0 Å². The lowest BCUT2D eigenvalue weighted by atomic mass is 10.0. The summed E-state index contributed by atoms with van der Waals surface area (Å²) in [5.41, 5.74) is 4.57. The third kappa shape index (κ3) is 5.14. The molecule has 0 unspecified atom stereocenters. The fourth-order valence-electron chi connectivity index (χ4n) is 4.93. The van der Waals surface area contributed by atoms with E-state index in [9.17, 15) is 4.79 Å². The van der Waals surface area contributed by atoms with Gasteiger partial charge in [-0.3, -0.25) is 19.8 Å². The molecule has 2 N–H and O–H groups in total. The summed E-state index contributed by atoms with van der Waals surface area (Å²) in [6.07, 6.45) is 5.75.